The lowest BCUT2D eigenvalue weighted by molar-refractivity contribution is -0.146. The summed E-state index contributed by atoms with van der Waals surface area (Å²) in [7, 11) is 0. The first-order valence-electron chi connectivity index (χ1n) is 8.78. The number of ether oxygens (including phenoxy) is 1. The molecular formula is C19H29N3O2. The van der Waals surface area contributed by atoms with E-state index in [-0.39, 0.29) is 18.7 Å². The number of esters is 1. The quantitative estimate of drug-likeness (QED) is 0.526. The topological polar surface area (TPSA) is 90.4 Å². The van der Waals surface area contributed by atoms with E-state index in [1.807, 2.05) is 36.4 Å². The summed E-state index contributed by atoms with van der Waals surface area (Å²) in [6.07, 6.45) is 10.1. The molecule has 0 saturated carbocycles. The highest BCUT2D eigenvalue weighted by Crippen LogP contribution is 2.13. The molecule has 5 heteroatoms. The average molecular weight is 331 g/mol. The van der Waals surface area contributed by atoms with Gasteiger partial charge >= 0.3 is 5.97 Å². The molecule has 0 amide bonds. The molecule has 1 aliphatic heterocycles. The van der Waals surface area contributed by atoms with Crippen LogP contribution >= 0.6 is 0 Å². The molecular weight excluding hydrogens is 302 g/mol. The van der Waals surface area contributed by atoms with Gasteiger partial charge in [-0.3, -0.25) is 10.1 Å². The van der Waals surface area contributed by atoms with Crippen molar-refractivity contribution in [3.63, 3.8) is 0 Å². The van der Waals surface area contributed by atoms with Crippen LogP contribution in [0.4, 0.5) is 0 Å². The Balaban J connectivity index is 1.65. The van der Waals surface area contributed by atoms with Crippen LogP contribution in [0.2, 0.25) is 0 Å². The van der Waals surface area contributed by atoms with Crippen molar-refractivity contribution in [3.8, 4) is 0 Å². The van der Waals surface area contributed by atoms with Crippen LogP contribution in [0.1, 0.15) is 44.1 Å². The van der Waals surface area contributed by atoms with Gasteiger partial charge in [-0.25, -0.2) is 0 Å². The normalized spacial score (nSPS) is 22.9. The molecule has 24 heavy (non-hydrogen) atoms. The number of hydrogen-bond donors (Lipinski definition) is 3. The predicted molar refractivity (Wildman–Crippen MR) is 96.0 cm³/mol. The van der Waals surface area contributed by atoms with Crippen LogP contribution in [-0.2, 0) is 16.1 Å². The Kier molecular flexibility index (Phi) is 7.95. The largest absolute Gasteiger partial charge is 0.460 e. The summed E-state index contributed by atoms with van der Waals surface area (Å²) in [5, 5.41) is 3.43. The van der Waals surface area contributed by atoms with Gasteiger partial charge < -0.3 is 16.2 Å². The van der Waals surface area contributed by atoms with Crippen molar-refractivity contribution < 1.29 is 9.53 Å². The van der Waals surface area contributed by atoms with Crippen LogP contribution in [0.15, 0.2) is 42.5 Å². The van der Waals surface area contributed by atoms with E-state index in [0.717, 1.165) is 24.8 Å². The molecule has 0 bridgehead atoms. The highest BCUT2D eigenvalue weighted by molar-refractivity contribution is 5.75. The van der Waals surface area contributed by atoms with E-state index in [1.54, 1.807) is 0 Å². The number of nitrogens with one attached hydrogen (secondary N) is 1. The minimum atomic E-state index is -0.616. The standard InChI is InChI=1S/C19H29N3O2/c20-17(19(23)24-14-15-8-2-1-3-9-15)12-6-4-10-16-11-5-7-13-18(21)22-16/h1-4,6,8-9,16-18,22H,5,7,10-14,20-21H2/b6-4+/t16-,17?,18?/m0/s1. The lowest BCUT2D eigenvalue weighted by Gasteiger charge is -2.17. The van der Waals surface area contributed by atoms with Gasteiger partial charge in [-0.1, -0.05) is 55.3 Å². The van der Waals surface area contributed by atoms with Crippen molar-refractivity contribution in [2.75, 3.05) is 0 Å². The van der Waals surface area contributed by atoms with Gasteiger partial charge in [0.25, 0.3) is 0 Å². The Bertz CT molecular complexity index is 519. The summed E-state index contributed by atoms with van der Waals surface area (Å²) >= 11 is 0. The highest BCUT2D eigenvalue weighted by Gasteiger charge is 2.16. The minimum absolute atomic E-state index is 0.0983. The van der Waals surface area contributed by atoms with Crippen molar-refractivity contribution in [2.24, 2.45) is 11.5 Å². The van der Waals surface area contributed by atoms with Crippen LogP contribution in [0.3, 0.4) is 0 Å². The molecule has 1 fully saturated rings. The van der Waals surface area contributed by atoms with E-state index in [1.165, 1.54) is 12.8 Å². The Labute approximate surface area is 144 Å². The van der Waals surface area contributed by atoms with Crippen LogP contribution in [-0.4, -0.2) is 24.2 Å². The first-order valence-corrected chi connectivity index (χ1v) is 8.78. The second kappa shape index (κ2) is 10.2. The van der Waals surface area contributed by atoms with Gasteiger partial charge in [-0.2, -0.15) is 0 Å². The lowest BCUT2D eigenvalue weighted by atomic mass is 10.1. The van der Waals surface area contributed by atoms with Crippen LogP contribution in [0.5, 0.6) is 0 Å². The van der Waals surface area contributed by atoms with Gasteiger partial charge in [-0.15, -0.1) is 0 Å². The van der Waals surface area contributed by atoms with Gasteiger partial charge in [-0.05, 0) is 31.2 Å². The van der Waals surface area contributed by atoms with Gasteiger partial charge in [0, 0.05) is 6.04 Å². The Morgan fingerprint density at radius 3 is 2.79 bits per heavy atom. The third-order valence-corrected chi connectivity index (χ3v) is 4.27. The first kappa shape index (κ1) is 18.6. The smallest absolute Gasteiger partial charge is 0.323 e. The molecule has 2 rings (SSSR count). The lowest BCUT2D eigenvalue weighted by Crippen LogP contribution is -2.42. The summed E-state index contributed by atoms with van der Waals surface area (Å²) in [5.41, 5.74) is 12.8. The number of nitrogens with two attached hydrogens (primary N) is 2. The average Bonchev–Trinajstić information content (AvgIpc) is 2.81. The molecule has 1 heterocycles. The minimum Gasteiger partial charge on any atom is -0.460 e. The molecule has 0 aromatic heterocycles. The molecule has 1 saturated heterocycles. The monoisotopic (exact) mass is 331 g/mol. The van der Waals surface area contributed by atoms with E-state index >= 15 is 0 Å². The van der Waals surface area contributed by atoms with Crippen molar-refractivity contribution in [2.45, 2.75) is 63.4 Å². The summed E-state index contributed by atoms with van der Waals surface area (Å²) in [5.74, 6) is -0.363. The molecule has 0 spiro atoms. The SMILES string of the molecule is NC1CCCC[C@H](C/C=C/CC(N)C(=O)OCc2ccccc2)N1. The van der Waals surface area contributed by atoms with Gasteiger partial charge in [0.05, 0.1) is 6.17 Å². The summed E-state index contributed by atoms with van der Waals surface area (Å²) in [4.78, 5) is 11.9. The molecule has 1 aromatic carbocycles. The van der Waals surface area contributed by atoms with Crippen molar-refractivity contribution in [1.82, 2.24) is 5.32 Å². The third-order valence-electron chi connectivity index (χ3n) is 4.27. The molecule has 0 aliphatic carbocycles. The molecule has 5 N–H and O–H groups in total. The van der Waals surface area contributed by atoms with E-state index < -0.39 is 6.04 Å². The van der Waals surface area contributed by atoms with E-state index in [9.17, 15) is 4.79 Å². The van der Waals surface area contributed by atoms with Crippen molar-refractivity contribution in [3.05, 3.63) is 48.0 Å². The van der Waals surface area contributed by atoms with Crippen LogP contribution in [0.25, 0.3) is 0 Å². The zero-order valence-electron chi connectivity index (χ0n) is 14.2. The fraction of sp³-hybridized carbons (Fsp3) is 0.526. The summed E-state index contributed by atoms with van der Waals surface area (Å²) in [6, 6.07) is 9.40. The molecule has 3 atom stereocenters. The van der Waals surface area contributed by atoms with E-state index in [4.69, 9.17) is 16.2 Å². The molecule has 1 aliphatic rings. The van der Waals surface area contributed by atoms with Gasteiger partial charge in [0.15, 0.2) is 0 Å². The Morgan fingerprint density at radius 2 is 2.00 bits per heavy atom. The number of carbonyl (C=O) groups excluding carboxylic acids is 1. The number of benzene rings is 1. The maximum absolute atomic E-state index is 11.9. The molecule has 1 aromatic rings. The van der Waals surface area contributed by atoms with Crippen molar-refractivity contribution in [1.29, 1.82) is 0 Å². The maximum atomic E-state index is 11.9. The number of carbonyl (C=O) groups is 1. The van der Waals surface area contributed by atoms with Crippen LogP contribution < -0.4 is 16.8 Å². The second-order valence-electron chi connectivity index (χ2n) is 6.40. The fourth-order valence-electron chi connectivity index (χ4n) is 2.85. The first-order chi connectivity index (χ1) is 11.6. The highest BCUT2D eigenvalue weighted by atomic mass is 16.5. The van der Waals surface area contributed by atoms with Crippen molar-refractivity contribution >= 4 is 5.97 Å². The Hall–Kier alpha value is -1.69. The van der Waals surface area contributed by atoms with Gasteiger partial charge in [0.1, 0.15) is 12.6 Å². The third kappa shape index (κ3) is 6.83. The number of rotatable bonds is 7. The van der Waals surface area contributed by atoms with Gasteiger partial charge in [0.2, 0.25) is 0 Å². The van der Waals surface area contributed by atoms with Crippen LogP contribution in [0, 0.1) is 0 Å². The summed E-state index contributed by atoms with van der Waals surface area (Å²) < 4.78 is 5.24. The molecule has 5 nitrogen and oxygen atoms in total. The fourth-order valence-corrected chi connectivity index (χ4v) is 2.85. The maximum Gasteiger partial charge on any atom is 0.323 e. The summed E-state index contributed by atoms with van der Waals surface area (Å²) in [6.45, 7) is 0.265. The molecule has 0 radical (unpaired) electrons. The predicted octanol–water partition coefficient (Wildman–Crippen LogP) is 2.21. The van der Waals surface area contributed by atoms with E-state index in [2.05, 4.69) is 11.4 Å². The second-order valence-corrected chi connectivity index (χ2v) is 6.40. The number of hydrogen-bond acceptors (Lipinski definition) is 5. The molecule has 2 unspecified atom stereocenters. The Morgan fingerprint density at radius 1 is 1.25 bits per heavy atom. The zero-order valence-corrected chi connectivity index (χ0v) is 14.2. The zero-order chi connectivity index (χ0) is 17.2. The van der Waals surface area contributed by atoms with E-state index in [0.29, 0.717) is 12.5 Å². The molecule has 132 valence electrons.